The highest BCUT2D eigenvalue weighted by Gasteiger charge is 2.20. The van der Waals surface area contributed by atoms with Gasteiger partial charge in [0.25, 0.3) is 0 Å². The Morgan fingerprint density at radius 3 is 2.50 bits per heavy atom. The molecule has 0 unspecified atom stereocenters. The minimum atomic E-state index is 0.107. The largest absolute Gasteiger partial charge is 0.397 e. The fourth-order valence-electron chi connectivity index (χ4n) is 1.30. The zero-order valence-electron chi connectivity index (χ0n) is 11.0. The van der Waals surface area contributed by atoms with E-state index in [2.05, 4.69) is 38.2 Å². The van der Waals surface area contributed by atoms with E-state index < -0.39 is 0 Å². The summed E-state index contributed by atoms with van der Waals surface area (Å²) in [4.78, 5) is 2.20. The van der Waals surface area contributed by atoms with E-state index in [1.807, 2.05) is 25.1 Å². The van der Waals surface area contributed by atoms with Gasteiger partial charge >= 0.3 is 0 Å². The minimum absolute atomic E-state index is 0.107. The Labute approximate surface area is 98.6 Å². The number of rotatable bonds is 4. The quantitative estimate of drug-likeness (QED) is 0.767. The Morgan fingerprint density at radius 1 is 1.31 bits per heavy atom. The van der Waals surface area contributed by atoms with Crippen molar-refractivity contribution in [1.82, 2.24) is 4.90 Å². The zero-order valence-corrected chi connectivity index (χ0v) is 11.0. The van der Waals surface area contributed by atoms with E-state index in [0.717, 1.165) is 23.5 Å². The van der Waals surface area contributed by atoms with Crippen LogP contribution in [0.4, 0.5) is 11.4 Å². The number of nitrogens with two attached hydrogens (primary N) is 1. The van der Waals surface area contributed by atoms with Crippen molar-refractivity contribution in [1.29, 1.82) is 0 Å². The molecule has 0 aliphatic carbocycles. The van der Waals surface area contributed by atoms with Gasteiger partial charge in [0.15, 0.2) is 0 Å². The molecule has 0 aromatic heterocycles. The number of para-hydroxylation sites is 1. The lowest BCUT2D eigenvalue weighted by Gasteiger charge is -2.33. The molecule has 1 aromatic rings. The van der Waals surface area contributed by atoms with Gasteiger partial charge in [-0.15, -0.1) is 0 Å². The highest BCUT2D eigenvalue weighted by atomic mass is 15.2. The Balaban J connectivity index is 2.72. The fourth-order valence-corrected chi connectivity index (χ4v) is 1.30. The molecular formula is C13H23N3. The summed E-state index contributed by atoms with van der Waals surface area (Å²) >= 11 is 0. The van der Waals surface area contributed by atoms with Crippen LogP contribution >= 0.6 is 0 Å². The number of likely N-dealkylation sites (N-methyl/N-ethyl adjacent to an activating group) is 1. The van der Waals surface area contributed by atoms with Crippen molar-refractivity contribution in [3.8, 4) is 0 Å². The van der Waals surface area contributed by atoms with Crippen LogP contribution < -0.4 is 11.1 Å². The highest BCUT2D eigenvalue weighted by Crippen LogP contribution is 2.22. The average Bonchev–Trinajstić information content (AvgIpc) is 2.20. The summed E-state index contributed by atoms with van der Waals surface area (Å²) in [6.45, 7) is 7.29. The summed E-state index contributed by atoms with van der Waals surface area (Å²) < 4.78 is 0. The molecular weight excluding hydrogens is 198 g/mol. The normalized spacial score (nSPS) is 11.9. The molecule has 0 atom stereocenters. The maximum atomic E-state index is 6.01. The van der Waals surface area contributed by atoms with Crippen molar-refractivity contribution in [2.24, 2.45) is 0 Å². The van der Waals surface area contributed by atoms with Gasteiger partial charge in [0, 0.05) is 12.1 Å². The number of hydrogen-bond donors (Lipinski definition) is 2. The summed E-state index contributed by atoms with van der Waals surface area (Å²) in [6.07, 6.45) is 0. The van der Waals surface area contributed by atoms with Gasteiger partial charge in [0.2, 0.25) is 0 Å². The third kappa shape index (κ3) is 2.89. The number of nitrogen functional groups attached to an aromatic ring is 1. The van der Waals surface area contributed by atoms with Crippen LogP contribution in [-0.2, 0) is 0 Å². The first-order valence-corrected chi connectivity index (χ1v) is 5.61. The van der Waals surface area contributed by atoms with Crippen molar-refractivity contribution < 1.29 is 0 Å². The van der Waals surface area contributed by atoms with Gasteiger partial charge in [-0.05, 0) is 46.5 Å². The molecule has 0 fully saturated rings. The van der Waals surface area contributed by atoms with Gasteiger partial charge in [-0.25, -0.2) is 0 Å². The third-order valence-electron chi connectivity index (χ3n) is 3.25. The predicted octanol–water partition coefficient (Wildman–Crippen LogP) is 2.33. The van der Waals surface area contributed by atoms with E-state index in [1.165, 1.54) is 0 Å². The average molecular weight is 221 g/mol. The molecule has 1 rings (SSSR count). The number of nitrogens with zero attached hydrogens (tertiary/aromatic N) is 1. The van der Waals surface area contributed by atoms with Gasteiger partial charge in [0.1, 0.15) is 0 Å². The van der Waals surface area contributed by atoms with Crippen LogP contribution in [-0.4, -0.2) is 31.1 Å². The Hall–Kier alpha value is -1.22. The molecule has 0 radical (unpaired) electrons. The maximum Gasteiger partial charge on any atom is 0.0579 e. The standard InChI is InChI=1S/C13H23N3/c1-10-7-6-8-11(12(10)14)15-9-13(2,3)16(4)5/h6-8,15H,9,14H2,1-5H3. The van der Waals surface area contributed by atoms with Crippen LogP contribution in [0.5, 0.6) is 0 Å². The molecule has 3 heteroatoms. The van der Waals surface area contributed by atoms with Crippen molar-refractivity contribution in [2.45, 2.75) is 26.3 Å². The summed E-state index contributed by atoms with van der Waals surface area (Å²) in [7, 11) is 4.17. The molecule has 0 spiro atoms. The highest BCUT2D eigenvalue weighted by molar-refractivity contribution is 5.69. The molecule has 0 saturated carbocycles. The fraction of sp³-hybridized carbons (Fsp3) is 0.538. The lowest BCUT2D eigenvalue weighted by molar-refractivity contribution is 0.210. The van der Waals surface area contributed by atoms with Crippen molar-refractivity contribution >= 4 is 11.4 Å². The first-order valence-electron chi connectivity index (χ1n) is 5.61. The van der Waals surface area contributed by atoms with Crippen molar-refractivity contribution in [3.05, 3.63) is 23.8 Å². The van der Waals surface area contributed by atoms with E-state index in [0.29, 0.717) is 0 Å². The molecule has 0 amide bonds. The van der Waals surface area contributed by atoms with Crippen LogP contribution in [0.1, 0.15) is 19.4 Å². The summed E-state index contributed by atoms with van der Waals surface area (Å²) in [5, 5.41) is 3.41. The van der Waals surface area contributed by atoms with Crippen LogP contribution in [0.2, 0.25) is 0 Å². The Morgan fingerprint density at radius 2 is 1.94 bits per heavy atom. The summed E-state index contributed by atoms with van der Waals surface area (Å²) in [5.74, 6) is 0. The summed E-state index contributed by atoms with van der Waals surface area (Å²) in [5.41, 5.74) is 9.11. The lowest BCUT2D eigenvalue weighted by Crippen LogP contribution is -2.44. The van der Waals surface area contributed by atoms with Gasteiger partial charge in [-0.2, -0.15) is 0 Å². The monoisotopic (exact) mass is 221 g/mol. The first kappa shape index (κ1) is 12.8. The number of nitrogens with one attached hydrogen (secondary N) is 1. The molecule has 90 valence electrons. The molecule has 0 bridgehead atoms. The number of aryl methyl sites for hydroxylation is 1. The zero-order chi connectivity index (χ0) is 12.3. The molecule has 3 nitrogen and oxygen atoms in total. The number of benzene rings is 1. The van der Waals surface area contributed by atoms with Crippen molar-refractivity contribution in [3.63, 3.8) is 0 Å². The molecule has 0 saturated heterocycles. The Kier molecular flexibility index (Phi) is 3.81. The molecule has 0 aliphatic heterocycles. The van der Waals surface area contributed by atoms with Crippen LogP contribution in [0.3, 0.4) is 0 Å². The minimum Gasteiger partial charge on any atom is -0.397 e. The Bertz CT molecular complexity index is 356. The van der Waals surface area contributed by atoms with Gasteiger partial charge < -0.3 is 16.0 Å². The van der Waals surface area contributed by atoms with E-state index in [-0.39, 0.29) is 5.54 Å². The maximum absolute atomic E-state index is 6.01. The third-order valence-corrected chi connectivity index (χ3v) is 3.25. The topological polar surface area (TPSA) is 41.3 Å². The van der Waals surface area contributed by atoms with Crippen LogP contribution in [0.15, 0.2) is 18.2 Å². The molecule has 16 heavy (non-hydrogen) atoms. The van der Waals surface area contributed by atoms with E-state index >= 15 is 0 Å². The second-order valence-electron chi connectivity index (χ2n) is 5.10. The first-order chi connectivity index (χ1) is 7.34. The second-order valence-corrected chi connectivity index (χ2v) is 5.10. The second kappa shape index (κ2) is 4.74. The van der Waals surface area contributed by atoms with Gasteiger partial charge in [-0.1, -0.05) is 12.1 Å². The number of hydrogen-bond acceptors (Lipinski definition) is 3. The molecule has 1 aromatic carbocycles. The van der Waals surface area contributed by atoms with E-state index in [9.17, 15) is 0 Å². The predicted molar refractivity (Wildman–Crippen MR) is 71.8 cm³/mol. The molecule has 0 heterocycles. The van der Waals surface area contributed by atoms with Crippen molar-refractivity contribution in [2.75, 3.05) is 31.7 Å². The smallest absolute Gasteiger partial charge is 0.0579 e. The molecule has 3 N–H and O–H groups in total. The SMILES string of the molecule is Cc1cccc(NCC(C)(C)N(C)C)c1N. The summed E-state index contributed by atoms with van der Waals surface area (Å²) in [6, 6.07) is 6.07. The number of anilines is 2. The van der Waals surface area contributed by atoms with E-state index in [4.69, 9.17) is 5.73 Å². The van der Waals surface area contributed by atoms with Gasteiger partial charge in [0.05, 0.1) is 11.4 Å². The van der Waals surface area contributed by atoms with Gasteiger partial charge in [-0.3, -0.25) is 0 Å². The lowest BCUT2D eigenvalue weighted by atomic mass is 10.0. The molecule has 0 aliphatic rings. The van der Waals surface area contributed by atoms with Crippen LogP contribution in [0, 0.1) is 6.92 Å². The van der Waals surface area contributed by atoms with Crippen LogP contribution in [0.25, 0.3) is 0 Å². The van der Waals surface area contributed by atoms with E-state index in [1.54, 1.807) is 0 Å².